The van der Waals surface area contributed by atoms with Crippen molar-refractivity contribution in [3.63, 3.8) is 0 Å². The molecule has 0 radical (unpaired) electrons. The number of carbonyl (C=O) groups excluding carboxylic acids is 1. The maximum atomic E-state index is 12.5. The van der Waals surface area contributed by atoms with E-state index < -0.39 is 17.4 Å². The van der Waals surface area contributed by atoms with Gasteiger partial charge in [0.05, 0.1) is 4.47 Å². The molecule has 1 aromatic carbocycles. The van der Waals surface area contributed by atoms with Crippen LogP contribution in [0.4, 0.5) is 0 Å². The quantitative estimate of drug-likeness (QED) is 0.855. The topological polar surface area (TPSA) is 84.9 Å². The van der Waals surface area contributed by atoms with Gasteiger partial charge in [-0.1, -0.05) is 19.3 Å². The minimum Gasteiger partial charge on any atom is -0.480 e. The minimum atomic E-state index is -1.17. The second-order valence-electron chi connectivity index (χ2n) is 5.59. The van der Waals surface area contributed by atoms with Gasteiger partial charge in [0.25, 0.3) is 5.91 Å². The molecule has 2 N–H and O–H groups in total. The number of hydrogen-bond donors (Lipinski definition) is 2. The Hall–Kier alpha value is -1.76. The van der Waals surface area contributed by atoms with Crippen LogP contribution in [-0.2, 0) is 4.79 Å². The van der Waals surface area contributed by atoms with E-state index in [4.69, 9.17) is 9.47 Å². The number of aliphatic carboxylic acids is 1. The third-order valence-corrected chi connectivity index (χ3v) is 4.75. The van der Waals surface area contributed by atoms with Crippen molar-refractivity contribution >= 4 is 27.8 Å². The van der Waals surface area contributed by atoms with Crippen LogP contribution in [0.3, 0.4) is 0 Å². The molecule has 0 aromatic heterocycles. The summed E-state index contributed by atoms with van der Waals surface area (Å²) in [7, 11) is 0. The number of carboxylic acids is 1. The number of carboxylic acid groups (broad SMARTS) is 1. The lowest BCUT2D eigenvalue weighted by molar-refractivity contribution is -0.145. The Morgan fingerprint density at radius 3 is 2.59 bits per heavy atom. The third-order valence-electron chi connectivity index (χ3n) is 4.16. The van der Waals surface area contributed by atoms with Gasteiger partial charge in [0, 0.05) is 5.56 Å². The van der Waals surface area contributed by atoms with E-state index >= 15 is 0 Å². The molecule has 2 aliphatic rings. The Morgan fingerprint density at radius 2 is 1.91 bits per heavy atom. The van der Waals surface area contributed by atoms with Crippen LogP contribution in [0.1, 0.15) is 42.5 Å². The summed E-state index contributed by atoms with van der Waals surface area (Å²) in [5.41, 5.74) is -0.819. The summed E-state index contributed by atoms with van der Waals surface area (Å²) in [4.78, 5) is 24.1. The van der Waals surface area contributed by atoms with Gasteiger partial charge in [0.15, 0.2) is 11.5 Å². The molecule has 0 bridgehead atoms. The highest BCUT2D eigenvalue weighted by atomic mass is 79.9. The van der Waals surface area contributed by atoms with Crippen molar-refractivity contribution in [3.8, 4) is 11.5 Å². The SMILES string of the molecule is O=C(NC1(C(=O)O)CCCCC1)c1cc(Br)c2c(c1)OCO2. The van der Waals surface area contributed by atoms with Crippen molar-refractivity contribution in [2.75, 3.05) is 6.79 Å². The first-order valence-corrected chi connectivity index (χ1v) is 7.96. The molecule has 1 aliphatic carbocycles. The predicted octanol–water partition coefficient (Wildman–Crippen LogP) is 2.70. The molecule has 1 amide bonds. The predicted molar refractivity (Wildman–Crippen MR) is 81.2 cm³/mol. The summed E-state index contributed by atoms with van der Waals surface area (Å²) < 4.78 is 11.2. The molecule has 118 valence electrons. The summed E-state index contributed by atoms with van der Waals surface area (Å²) in [5, 5.41) is 12.2. The van der Waals surface area contributed by atoms with Gasteiger partial charge in [0.2, 0.25) is 6.79 Å². The van der Waals surface area contributed by atoms with E-state index in [9.17, 15) is 14.7 Å². The van der Waals surface area contributed by atoms with Crippen molar-refractivity contribution < 1.29 is 24.2 Å². The molecule has 0 atom stereocenters. The highest BCUT2D eigenvalue weighted by Gasteiger charge is 2.41. The third kappa shape index (κ3) is 2.65. The molecular formula is C15H16BrNO5. The molecule has 0 spiro atoms. The van der Waals surface area contributed by atoms with E-state index in [0.717, 1.165) is 19.3 Å². The molecular weight excluding hydrogens is 354 g/mol. The Labute approximate surface area is 135 Å². The summed E-state index contributed by atoms with van der Waals surface area (Å²) in [6, 6.07) is 3.18. The average molecular weight is 370 g/mol. The second-order valence-corrected chi connectivity index (χ2v) is 6.45. The molecule has 1 fully saturated rings. The van der Waals surface area contributed by atoms with Crippen LogP contribution in [0.5, 0.6) is 11.5 Å². The summed E-state index contributed by atoms with van der Waals surface area (Å²) in [5.74, 6) is -0.349. The fourth-order valence-electron chi connectivity index (χ4n) is 2.94. The molecule has 6 nitrogen and oxygen atoms in total. The Kier molecular flexibility index (Phi) is 3.99. The number of halogens is 1. The van der Waals surface area contributed by atoms with Gasteiger partial charge < -0.3 is 19.9 Å². The van der Waals surface area contributed by atoms with E-state index in [0.29, 0.717) is 34.4 Å². The average Bonchev–Trinajstić information content (AvgIpc) is 2.97. The van der Waals surface area contributed by atoms with Crippen LogP contribution in [0.2, 0.25) is 0 Å². The van der Waals surface area contributed by atoms with E-state index in [1.54, 1.807) is 12.1 Å². The normalized spacial score (nSPS) is 18.8. The Balaban J connectivity index is 1.85. The smallest absolute Gasteiger partial charge is 0.329 e. The first-order chi connectivity index (χ1) is 10.5. The number of nitrogens with one attached hydrogen (secondary N) is 1. The lowest BCUT2D eigenvalue weighted by Crippen LogP contribution is -2.55. The van der Waals surface area contributed by atoms with E-state index in [2.05, 4.69) is 21.2 Å². The zero-order valence-electron chi connectivity index (χ0n) is 11.9. The highest BCUT2D eigenvalue weighted by molar-refractivity contribution is 9.10. The highest BCUT2D eigenvalue weighted by Crippen LogP contribution is 2.40. The van der Waals surface area contributed by atoms with Crippen LogP contribution in [-0.4, -0.2) is 29.3 Å². The van der Waals surface area contributed by atoms with Crippen molar-refractivity contribution in [2.45, 2.75) is 37.6 Å². The standard InChI is InChI=1S/C15H16BrNO5/c16-10-6-9(7-11-12(10)22-8-21-11)13(18)17-15(14(19)20)4-2-1-3-5-15/h6-7H,1-5,8H2,(H,17,18)(H,19,20). The van der Waals surface area contributed by atoms with E-state index in [1.165, 1.54) is 0 Å². The zero-order valence-corrected chi connectivity index (χ0v) is 13.4. The number of ether oxygens (including phenoxy) is 2. The number of hydrogen-bond acceptors (Lipinski definition) is 4. The maximum Gasteiger partial charge on any atom is 0.329 e. The van der Waals surface area contributed by atoms with Crippen molar-refractivity contribution in [3.05, 3.63) is 22.2 Å². The van der Waals surface area contributed by atoms with Gasteiger partial charge in [0.1, 0.15) is 5.54 Å². The summed E-state index contributed by atoms with van der Waals surface area (Å²) in [6.07, 6.45) is 3.52. The molecule has 1 aliphatic heterocycles. The molecule has 22 heavy (non-hydrogen) atoms. The van der Waals surface area contributed by atoms with E-state index in [-0.39, 0.29) is 6.79 Å². The van der Waals surface area contributed by atoms with Crippen LogP contribution in [0, 0.1) is 0 Å². The Bertz CT molecular complexity index is 625. The van der Waals surface area contributed by atoms with Crippen LogP contribution in [0.15, 0.2) is 16.6 Å². The second kappa shape index (κ2) is 5.79. The van der Waals surface area contributed by atoms with Crippen LogP contribution in [0.25, 0.3) is 0 Å². The number of carbonyl (C=O) groups is 2. The zero-order chi connectivity index (χ0) is 15.7. The lowest BCUT2D eigenvalue weighted by Gasteiger charge is -2.34. The fraction of sp³-hybridized carbons (Fsp3) is 0.467. The molecule has 1 saturated carbocycles. The Morgan fingerprint density at radius 1 is 1.18 bits per heavy atom. The largest absolute Gasteiger partial charge is 0.480 e. The monoisotopic (exact) mass is 369 g/mol. The fourth-order valence-corrected chi connectivity index (χ4v) is 3.49. The number of benzene rings is 1. The summed E-state index contributed by atoms with van der Waals surface area (Å²) >= 11 is 3.33. The molecule has 3 rings (SSSR count). The first kappa shape index (κ1) is 15.1. The van der Waals surface area contributed by atoms with Crippen molar-refractivity contribution in [1.82, 2.24) is 5.32 Å². The van der Waals surface area contributed by atoms with Crippen LogP contribution < -0.4 is 14.8 Å². The maximum absolute atomic E-state index is 12.5. The lowest BCUT2D eigenvalue weighted by atomic mass is 9.81. The van der Waals surface area contributed by atoms with Gasteiger partial charge >= 0.3 is 5.97 Å². The minimum absolute atomic E-state index is 0.109. The summed E-state index contributed by atoms with van der Waals surface area (Å²) in [6.45, 7) is 0.109. The van der Waals surface area contributed by atoms with Crippen LogP contribution >= 0.6 is 15.9 Å². The molecule has 1 heterocycles. The van der Waals surface area contributed by atoms with E-state index in [1.807, 2.05) is 0 Å². The van der Waals surface area contributed by atoms with Gasteiger partial charge in [-0.2, -0.15) is 0 Å². The molecule has 0 unspecified atom stereocenters. The number of amides is 1. The molecule has 0 saturated heterocycles. The molecule has 1 aromatic rings. The van der Waals surface area contributed by atoms with Crippen molar-refractivity contribution in [1.29, 1.82) is 0 Å². The number of fused-ring (bicyclic) bond motifs is 1. The van der Waals surface area contributed by atoms with Gasteiger partial charge in [-0.3, -0.25) is 4.79 Å². The van der Waals surface area contributed by atoms with Gasteiger partial charge in [-0.25, -0.2) is 4.79 Å². The van der Waals surface area contributed by atoms with Gasteiger partial charge in [-0.15, -0.1) is 0 Å². The first-order valence-electron chi connectivity index (χ1n) is 7.17. The molecule has 7 heteroatoms. The van der Waals surface area contributed by atoms with Gasteiger partial charge in [-0.05, 0) is 40.9 Å². The number of rotatable bonds is 3. The van der Waals surface area contributed by atoms with Crippen molar-refractivity contribution in [2.24, 2.45) is 0 Å².